The van der Waals surface area contributed by atoms with Gasteiger partial charge in [-0.1, -0.05) is 35.5 Å². The number of piperazine rings is 1. The molecule has 6 nitrogen and oxygen atoms in total. The molecule has 0 radical (unpaired) electrons. The second kappa shape index (κ2) is 7.21. The lowest BCUT2D eigenvalue weighted by atomic mass is 10.0. The van der Waals surface area contributed by atoms with Gasteiger partial charge in [0.05, 0.1) is 6.20 Å². The second-order valence-electron chi connectivity index (χ2n) is 7.70. The summed E-state index contributed by atoms with van der Waals surface area (Å²) in [5, 5.41) is 6.95. The van der Waals surface area contributed by atoms with Crippen molar-refractivity contribution in [3.63, 3.8) is 0 Å². The van der Waals surface area contributed by atoms with Crippen molar-refractivity contribution in [3.8, 4) is 11.3 Å². The second-order valence-corrected chi connectivity index (χ2v) is 7.70. The average molecular weight is 354 g/mol. The third-order valence-electron chi connectivity index (χ3n) is 5.59. The van der Waals surface area contributed by atoms with Crippen LogP contribution >= 0.6 is 0 Å². The minimum atomic E-state index is -0.102. The van der Waals surface area contributed by atoms with Crippen LogP contribution in [0.1, 0.15) is 23.2 Å². The van der Waals surface area contributed by atoms with Crippen LogP contribution in [0.5, 0.6) is 0 Å². The fraction of sp³-hybridized carbons (Fsp3) is 0.500. The van der Waals surface area contributed by atoms with Crippen LogP contribution in [0.25, 0.3) is 11.3 Å². The van der Waals surface area contributed by atoms with Gasteiger partial charge >= 0.3 is 0 Å². The Balaban J connectivity index is 1.35. The van der Waals surface area contributed by atoms with Gasteiger partial charge in [0, 0.05) is 50.2 Å². The van der Waals surface area contributed by atoms with Gasteiger partial charge < -0.3 is 19.6 Å². The van der Waals surface area contributed by atoms with Gasteiger partial charge in [-0.05, 0) is 19.9 Å². The Bertz CT molecular complexity index is 746. The number of nitrogens with zero attached hydrogens (tertiary/aromatic N) is 3. The number of carbonyl (C=O) groups is 1. The van der Waals surface area contributed by atoms with E-state index in [0.29, 0.717) is 11.3 Å². The van der Waals surface area contributed by atoms with E-state index >= 15 is 0 Å². The van der Waals surface area contributed by atoms with Crippen molar-refractivity contribution < 1.29 is 9.32 Å². The maximum Gasteiger partial charge on any atom is 0.256 e. The summed E-state index contributed by atoms with van der Waals surface area (Å²) in [6.45, 7) is 6.30. The molecule has 4 rings (SSSR count). The van der Waals surface area contributed by atoms with Crippen LogP contribution < -0.4 is 5.32 Å². The fourth-order valence-electron chi connectivity index (χ4n) is 3.61. The lowest BCUT2D eigenvalue weighted by molar-refractivity contribution is 0.0927. The molecule has 1 aromatic heterocycles. The van der Waals surface area contributed by atoms with Gasteiger partial charge in [-0.15, -0.1) is 0 Å². The SMILES string of the molecule is CN1CCN(CC2(CNC(=O)c3cnoc3-c3ccccc3)CC2)CC1. The zero-order valence-electron chi connectivity index (χ0n) is 15.3. The van der Waals surface area contributed by atoms with E-state index in [4.69, 9.17) is 4.52 Å². The van der Waals surface area contributed by atoms with Crippen LogP contribution in [0.4, 0.5) is 0 Å². The van der Waals surface area contributed by atoms with Crippen molar-refractivity contribution in [2.45, 2.75) is 12.8 Å². The molecule has 0 unspecified atom stereocenters. The van der Waals surface area contributed by atoms with Crippen molar-refractivity contribution in [3.05, 3.63) is 42.1 Å². The maximum absolute atomic E-state index is 12.7. The summed E-state index contributed by atoms with van der Waals surface area (Å²) in [6, 6.07) is 9.64. The van der Waals surface area contributed by atoms with Crippen LogP contribution in [0, 0.1) is 5.41 Å². The molecular formula is C20H26N4O2. The molecule has 138 valence electrons. The van der Waals surface area contributed by atoms with E-state index in [0.717, 1.165) is 44.8 Å². The van der Waals surface area contributed by atoms with Crippen molar-refractivity contribution >= 4 is 5.91 Å². The third-order valence-corrected chi connectivity index (χ3v) is 5.59. The van der Waals surface area contributed by atoms with Gasteiger partial charge in [0.1, 0.15) is 5.56 Å². The number of carbonyl (C=O) groups excluding carboxylic acids is 1. The molecule has 2 heterocycles. The molecule has 0 bridgehead atoms. The molecule has 26 heavy (non-hydrogen) atoms. The van der Waals surface area contributed by atoms with Gasteiger partial charge in [-0.3, -0.25) is 4.79 Å². The predicted octanol–water partition coefficient (Wildman–Crippen LogP) is 2.10. The molecule has 1 saturated carbocycles. The number of benzene rings is 1. The Morgan fingerprint density at radius 2 is 1.92 bits per heavy atom. The molecule has 0 atom stereocenters. The molecule has 1 aliphatic carbocycles. The van der Waals surface area contributed by atoms with Crippen LogP contribution in [0.3, 0.4) is 0 Å². The predicted molar refractivity (Wildman–Crippen MR) is 99.9 cm³/mol. The molecule has 6 heteroatoms. The van der Waals surface area contributed by atoms with Gasteiger partial charge in [0.25, 0.3) is 5.91 Å². The minimum absolute atomic E-state index is 0.102. The molecule has 1 saturated heterocycles. The first-order valence-electron chi connectivity index (χ1n) is 9.34. The molecule has 0 spiro atoms. The number of hydrogen-bond donors (Lipinski definition) is 1. The average Bonchev–Trinajstić information content (AvgIpc) is 3.25. The van der Waals surface area contributed by atoms with Gasteiger partial charge in [0.15, 0.2) is 5.76 Å². The number of amides is 1. The maximum atomic E-state index is 12.7. The van der Waals surface area contributed by atoms with Gasteiger partial charge in [-0.25, -0.2) is 0 Å². The summed E-state index contributed by atoms with van der Waals surface area (Å²) in [5.74, 6) is 0.432. The highest BCUT2D eigenvalue weighted by molar-refractivity contribution is 5.99. The number of likely N-dealkylation sites (N-methyl/N-ethyl adjacent to an activating group) is 1. The summed E-state index contributed by atoms with van der Waals surface area (Å²) >= 11 is 0. The van der Waals surface area contributed by atoms with Crippen LogP contribution in [0.2, 0.25) is 0 Å². The standard InChI is InChI=1S/C20H26N4O2/c1-23-9-11-24(12-10-23)15-20(7-8-20)14-21-19(25)17-13-22-26-18(17)16-5-3-2-4-6-16/h2-6,13H,7-12,14-15H2,1H3,(H,21,25). The van der Waals surface area contributed by atoms with Crippen molar-refractivity contribution in [1.29, 1.82) is 0 Å². The highest BCUT2D eigenvalue weighted by atomic mass is 16.5. The van der Waals surface area contributed by atoms with Crippen LogP contribution in [-0.4, -0.2) is 67.2 Å². The molecule has 2 aliphatic rings. The zero-order chi connectivity index (χ0) is 18.0. The lowest BCUT2D eigenvalue weighted by Gasteiger charge is -2.34. The first kappa shape index (κ1) is 17.2. The summed E-state index contributed by atoms with van der Waals surface area (Å²) in [5.41, 5.74) is 1.62. The van der Waals surface area contributed by atoms with Gasteiger partial charge in [0.2, 0.25) is 0 Å². The number of nitrogens with one attached hydrogen (secondary N) is 1. The Morgan fingerprint density at radius 3 is 2.62 bits per heavy atom. The third kappa shape index (κ3) is 3.81. The topological polar surface area (TPSA) is 61.6 Å². The summed E-state index contributed by atoms with van der Waals surface area (Å²) in [4.78, 5) is 17.6. The molecule has 1 N–H and O–H groups in total. The summed E-state index contributed by atoms with van der Waals surface area (Å²) in [7, 11) is 2.17. The quantitative estimate of drug-likeness (QED) is 0.861. The number of hydrogen-bond acceptors (Lipinski definition) is 5. The first-order valence-corrected chi connectivity index (χ1v) is 9.34. The van der Waals surface area contributed by atoms with E-state index < -0.39 is 0 Å². The summed E-state index contributed by atoms with van der Waals surface area (Å²) < 4.78 is 5.33. The van der Waals surface area contributed by atoms with Crippen molar-refractivity contribution in [1.82, 2.24) is 20.3 Å². The number of aromatic nitrogens is 1. The van der Waals surface area contributed by atoms with E-state index in [2.05, 4.69) is 27.3 Å². The van der Waals surface area contributed by atoms with E-state index in [1.54, 1.807) is 0 Å². The lowest BCUT2D eigenvalue weighted by Crippen LogP contribution is -2.47. The molecular weight excluding hydrogens is 328 g/mol. The van der Waals surface area contributed by atoms with E-state index in [1.807, 2.05) is 30.3 Å². The smallest absolute Gasteiger partial charge is 0.256 e. The summed E-state index contributed by atoms with van der Waals surface area (Å²) in [6.07, 6.45) is 3.89. The Labute approximate surface area is 154 Å². The van der Waals surface area contributed by atoms with Crippen LogP contribution in [0.15, 0.2) is 41.1 Å². The van der Waals surface area contributed by atoms with Gasteiger partial charge in [-0.2, -0.15) is 0 Å². The monoisotopic (exact) mass is 354 g/mol. The van der Waals surface area contributed by atoms with Crippen molar-refractivity contribution in [2.75, 3.05) is 46.3 Å². The Morgan fingerprint density at radius 1 is 1.19 bits per heavy atom. The highest BCUT2D eigenvalue weighted by Gasteiger charge is 2.44. The van der Waals surface area contributed by atoms with Crippen LogP contribution in [-0.2, 0) is 0 Å². The normalized spacial score (nSPS) is 20.0. The molecule has 1 aromatic carbocycles. The fourth-order valence-corrected chi connectivity index (χ4v) is 3.61. The Hall–Kier alpha value is -2.18. The van der Waals surface area contributed by atoms with E-state index in [9.17, 15) is 4.79 Å². The molecule has 1 amide bonds. The van der Waals surface area contributed by atoms with E-state index in [-0.39, 0.29) is 11.3 Å². The first-order chi connectivity index (χ1) is 12.7. The zero-order valence-corrected chi connectivity index (χ0v) is 15.3. The van der Waals surface area contributed by atoms with E-state index in [1.165, 1.54) is 19.0 Å². The Kier molecular flexibility index (Phi) is 4.78. The van der Waals surface area contributed by atoms with Crippen molar-refractivity contribution in [2.24, 2.45) is 5.41 Å². The largest absolute Gasteiger partial charge is 0.355 e. The number of rotatable bonds is 6. The molecule has 1 aliphatic heterocycles. The molecule has 2 fully saturated rings. The molecule has 2 aromatic rings. The minimum Gasteiger partial charge on any atom is -0.355 e. The highest BCUT2D eigenvalue weighted by Crippen LogP contribution is 2.45.